The van der Waals surface area contributed by atoms with Crippen molar-refractivity contribution in [1.29, 1.82) is 5.41 Å². The van der Waals surface area contributed by atoms with Crippen LogP contribution in [0.5, 0.6) is 11.5 Å². The normalized spacial score (nSPS) is 25.8. The zero-order valence-electron chi connectivity index (χ0n) is 21.6. The number of anilines is 1. The van der Waals surface area contributed by atoms with Gasteiger partial charge in [-0.2, -0.15) is 8.62 Å². The van der Waals surface area contributed by atoms with E-state index in [0.29, 0.717) is 12.2 Å². The molecule has 0 saturated heterocycles. The number of furan rings is 1. The molecule has 1 aromatic rings. The van der Waals surface area contributed by atoms with Crippen LogP contribution in [0, 0.1) is 35.8 Å². The van der Waals surface area contributed by atoms with E-state index in [2.05, 4.69) is 28.1 Å². The summed E-state index contributed by atoms with van der Waals surface area (Å²) < 4.78 is 63.4. The van der Waals surface area contributed by atoms with Gasteiger partial charge in [0.2, 0.25) is 11.5 Å². The summed E-state index contributed by atoms with van der Waals surface area (Å²) in [6, 6.07) is -3.61. The highest BCUT2D eigenvalue weighted by Gasteiger charge is 2.69. The van der Waals surface area contributed by atoms with Gasteiger partial charge in [-0.15, -0.1) is 0 Å². The van der Waals surface area contributed by atoms with Crippen LogP contribution in [0.3, 0.4) is 0 Å². The van der Waals surface area contributed by atoms with Gasteiger partial charge in [-0.05, 0) is 0 Å². The van der Waals surface area contributed by atoms with Crippen LogP contribution in [-0.2, 0) is 33.4 Å². The van der Waals surface area contributed by atoms with E-state index in [1.165, 1.54) is 0 Å². The molecule has 1 aliphatic carbocycles. The highest BCUT2D eigenvalue weighted by Crippen LogP contribution is 2.67. The first-order chi connectivity index (χ1) is 21.2. The topological polar surface area (TPSA) is 385 Å². The number of ether oxygens (including phenoxy) is 2. The molecule has 0 amide bonds. The Kier molecular flexibility index (Phi) is 7.89. The quantitative estimate of drug-likeness (QED) is 0.116. The minimum atomic E-state index is -5.97. The molecular formula is C16H13N8O19P3. The van der Waals surface area contributed by atoms with Crippen molar-refractivity contribution in [2.24, 2.45) is 15.0 Å². The molecule has 3 aliphatic heterocycles. The maximum atomic E-state index is 12.3. The maximum absolute atomic E-state index is 12.3. The van der Waals surface area contributed by atoms with Gasteiger partial charge in [0, 0.05) is 4.92 Å². The molecule has 5 N–H and O–H groups in total. The minimum absolute atomic E-state index is 0.101. The molecule has 246 valence electrons. The second kappa shape index (κ2) is 11.1. The predicted molar refractivity (Wildman–Crippen MR) is 141 cm³/mol. The van der Waals surface area contributed by atoms with Crippen LogP contribution in [0.2, 0.25) is 0 Å². The van der Waals surface area contributed by atoms with Crippen molar-refractivity contribution in [2.45, 2.75) is 24.5 Å². The number of allylic oxidation sites excluding steroid dienone is 1. The first kappa shape index (κ1) is 32.8. The molecule has 27 nitrogen and oxygen atoms in total. The van der Waals surface area contributed by atoms with Crippen LogP contribution >= 0.6 is 23.5 Å². The average Bonchev–Trinajstić information content (AvgIpc) is 3.58. The van der Waals surface area contributed by atoms with Gasteiger partial charge in [0.1, 0.15) is 12.9 Å². The largest absolute Gasteiger partial charge is 0.490 e. The van der Waals surface area contributed by atoms with E-state index in [1.54, 1.807) is 0 Å². The van der Waals surface area contributed by atoms with Crippen LogP contribution in [0.4, 0.5) is 5.88 Å². The molecule has 4 heterocycles. The van der Waals surface area contributed by atoms with Crippen LogP contribution in [0.1, 0.15) is 5.76 Å². The van der Waals surface area contributed by atoms with E-state index in [9.17, 15) is 53.8 Å². The third-order valence-electron chi connectivity index (χ3n) is 5.84. The molecule has 0 saturated carbocycles. The number of nitro groups is 3. The zero-order chi connectivity index (χ0) is 34.0. The fourth-order valence-electron chi connectivity index (χ4n) is 4.17. The summed E-state index contributed by atoms with van der Waals surface area (Å²) in [7, 11) is -17.5. The number of amidine groups is 2. The molecule has 46 heavy (non-hydrogen) atoms. The van der Waals surface area contributed by atoms with Crippen molar-refractivity contribution in [3.63, 3.8) is 0 Å². The second-order valence-electron chi connectivity index (χ2n) is 8.74. The Morgan fingerprint density at radius 1 is 1.02 bits per heavy atom. The summed E-state index contributed by atoms with van der Waals surface area (Å²) in [6.07, 6.45) is 2.64. The summed E-state index contributed by atoms with van der Waals surface area (Å²) >= 11 is 0. The van der Waals surface area contributed by atoms with Gasteiger partial charge in [0.25, 0.3) is 11.6 Å². The third-order valence-corrected chi connectivity index (χ3v) is 9.62. The second-order valence-corrected chi connectivity index (χ2v) is 13.2. The van der Waals surface area contributed by atoms with Crippen molar-refractivity contribution in [3.05, 3.63) is 59.6 Å². The van der Waals surface area contributed by atoms with E-state index in [4.69, 9.17) is 29.1 Å². The van der Waals surface area contributed by atoms with Crippen LogP contribution < -0.4 is 14.4 Å². The Morgan fingerprint density at radius 3 is 2.30 bits per heavy atom. The van der Waals surface area contributed by atoms with Gasteiger partial charge in [-0.1, -0.05) is 0 Å². The van der Waals surface area contributed by atoms with Gasteiger partial charge >= 0.3 is 41.0 Å². The Labute approximate surface area is 250 Å². The number of phosphoric acid groups is 3. The molecule has 4 aliphatic rings. The Hall–Kier alpha value is -4.55. The molecule has 30 heteroatoms. The predicted octanol–water partition coefficient (Wildman–Crippen LogP) is 0.205. The smallest absolute Gasteiger partial charge is 0.435 e. The molecular weight excluding hydrogens is 701 g/mol. The molecule has 5 rings (SSSR count). The number of fused-ring (bicyclic) bond motifs is 2. The van der Waals surface area contributed by atoms with Crippen molar-refractivity contribution in [3.8, 4) is 11.5 Å². The van der Waals surface area contributed by atoms with E-state index in [0.717, 1.165) is 17.6 Å². The summed E-state index contributed by atoms with van der Waals surface area (Å²) in [5.41, 5.74) is -2.42. The number of nitrogens with zero attached hydrogens (tertiary/aromatic N) is 7. The van der Waals surface area contributed by atoms with Gasteiger partial charge < -0.3 is 33.5 Å². The number of hydrogen-bond acceptors (Lipinski definition) is 19. The number of nitrogens with one attached hydrogen (secondary N) is 1. The summed E-state index contributed by atoms with van der Waals surface area (Å²) in [4.78, 5) is 81.1. The van der Waals surface area contributed by atoms with Crippen molar-refractivity contribution in [2.75, 3.05) is 4.90 Å². The summed E-state index contributed by atoms with van der Waals surface area (Å²) in [6.45, 7) is -1.36. The molecule has 5 atom stereocenters. The monoisotopic (exact) mass is 714 g/mol. The highest BCUT2D eigenvalue weighted by molar-refractivity contribution is 7.66. The molecule has 0 radical (unpaired) electrons. The lowest BCUT2D eigenvalue weighted by molar-refractivity contribution is -0.559. The zero-order valence-corrected chi connectivity index (χ0v) is 24.2. The maximum Gasteiger partial charge on any atom is 0.490 e. The molecule has 0 bridgehead atoms. The van der Waals surface area contributed by atoms with Crippen molar-refractivity contribution < 1.29 is 75.1 Å². The standard InChI is InChI=1S/C16H13N8O19P3/c17-13-10-14(19-4-18-13)21(5-20-10)15-12-11(7(39-15)3-38-45(34,35)43-46(36,37)42-44(31,32)33)40-16(41-12)8(23(27)28)1-6(22(25)26)2-9(16)24(29)30/h1-2,4-5,8,10,17H,3H2,(H,34,35)(H,36,37)(H2,31,32,33). The number of aliphatic imine (C=N–C) groups is 3. The summed E-state index contributed by atoms with van der Waals surface area (Å²) in [5.74, 6) is -6.42. The van der Waals surface area contributed by atoms with Crippen LogP contribution in [0.25, 0.3) is 0 Å². The molecule has 0 fully saturated rings. The lowest BCUT2D eigenvalue weighted by Gasteiger charge is -2.27. The molecule has 0 aromatic carbocycles. The number of phosphoric ester groups is 1. The third kappa shape index (κ3) is 6.02. The minimum Gasteiger partial charge on any atom is -0.435 e. The van der Waals surface area contributed by atoms with Gasteiger partial charge in [-0.25, -0.2) is 23.7 Å². The lowest BCUT2D eigenvalue weighted by atomic mass is 9.96. The van der Waals surface area contributed by atoms with Gasteiger partial charge in [-0.3, -0.25) is 50.2 Å². The molecule has 1 spiro atoms. The van der Waals surface area contributed by atoms with Crippen molar-refractivity contribution in [1.82, 2.24) is 0 Å². The van der Waals surface area contributed by atoms with Gasteiger partial charge in [0.15, 0.2) is 23.5 Å². The van der Waals surface area contributed by atoms with E-state index >= 15 is 0 Å². The fraction of sp³-hybridized carbons (Fsp3) is 0.250. The molecule has 5 unspecified atom stereocenters. The highest BCUT2D eigenvalue weighted by atomic mass is 31.3. The average molecular weight is 714 g/mol. The summed E-state index contributed by atoms with van der Waals surface area (Å²) in [5, 5.41) is 43.4. The first-order valence-corrected chi connectivity index (χ1v) is 16.0. The Morgan fingerprint density at radius 2 is 1.70 bits per heavy atom. The number of hydrogen-bond donors (Lipinski definition) is 5. The number of rotatable bonds is 11. The lowest BCUT2D eigenvalue weighted by Crippen LogP contribution is -2.57. The van der Waals surface area contributed by atoms with Crippen LogP contribution in [-0.4, -0.2) is 76.6 Å². The van der Waals surface area contributed by atoms with Gasteiger partial charge in [0.05, 0.1) is 28.3 Å². The fourth-order valence-corrected chi connectivity index (χ4v) is 7.15. The molecule has 1 aromatic heterocycles. The van der Waals surface area contributed by atoms with Crippen LogP contribution in [0.15, 0.2) is 42.9 Å². The van der Waals surface area contributed by atoms with E-state index < -0.39 is 97.3 Å². The van der Waals surface area contributed by atoms with E-state index in [-0.39, 0.29) is 11.7 Å². The van der Waals surface area contributed by atoms with E-state index in [1.807, 2.05) is 0 Å². The SMILES string of the molecule is N=C1N=CN=C2C1N=CN2c1oc(COP(=O)(O)OP(=O)(O)OP(=O)(O)O)c2c1OC1(O2)C([N+](=O)[O-])=CC([N+](=O)[O-])=CC1[N+](=O)[O-]. The van der Waals surface area contributed by atoms with Crippen molar-refractivity contribution >= 4 is 53.7 Å². The Bertz CT molecular complexity index is 1890. The first-order valence-electron chi connectivity index (χ1n) is 11.4. The Balaban J connectivity index is 1.57.